The summed E-state index contributed by atoms with van der Waals surface area (Å²) < 4.78 is 0. The van der Waals surface area contributed by atoms with Crippen LogP contribution in [0.4, 0.5) is 0 Å². The molecule has 1 fully saturated rings. The molecular weight excluding hydrogens is 228 g/mol. The van der Waals surface area contributed by atoms with E-state index in [0.29, 0.717) is 11.3 Å². The quantitative estimate of drug-likeness (QED) is 0.744. The van der Waals surface area contributed by atoms with Gasteiger partial charge in [0.2, 0.25) is 0 Å². The first-order chi connectivity index (χ1) is 7.06. The van der Waals surface area contributed by atoms with Crippen molar-refractivity contribution in [1.82, 2.24) is 9.88 Å². The highest BCUT2D eigenvalue weighted by atomic mass is 35.5. The summed E-state index contributed by atoms with van der Waals surface area (Å²) in [6, 6.07) is 0. The van der Waals surface area contributed by atoms with Crippen LogP contribution in [0.1, 0.15) is 22.5 Å². The minimum Gasteiger partial charge on any atom is -0.295 e. The van der Waals surface area contributed by atoms with E-state index in [-0.39, 0.29) is 0 Å². The Morgan fingerprint density at radius 1 is 1.47 bits per heavy atom. The second kappa shape index (κ2) is 4.40. The number of halogens is 1. The predicted octanol–water partition coefficient (Wildman–Crippen LogP) is 2.82. The molecule has 0 spiro atoms. The van der Waals surface area contributed by atoms with Crippen LogP contribution in [0.5, 0.6) is 0 Å². The SMILES string of the molecule is Cc1nc(CN2CC(C)C(Cl)C2)sc1C. The van der Waals surface area contributed by atoms with Gasteiger partial charge in [0.05, 0.1) is 17.6 Å². The monoisotopic (exact) mass is 244 g/mol. The van der Waals surface area contributed by atoms with Gasteiger partial charge in [-0.2, -0.15) is 0 Å². The van der Waals surface area contributed by atoms with E-state index in [1.165, 1.54) is 15.6 Å². The van der Waals surface area contributed by atoms with E-state index in [2.05, 4.69) is 30.7 Å². The van der Waals surface area contributed by atoms with Crippen molar-refractivity contribution in [2.45, 2.75) is 32.7 Å². The van der Waals surface area contributed by atoms with Crippen LogP contribution in [-0.2, 0) is 6.54 Å². The van der Waals surface area contributed by atoms with Crippen LogP contribution in [0.25, 0.3) is 0 Å². The summed E-state index contributed by atoms with van der Waals surface area (Å²) in [7, 11) is 0. The predicted molar refractivity (Wildman–Crippen MR) is 65.7 cm³/mol. The van der Waals surface area contributed by atoms with E-state index >= 15 is 0 Å². The third-order valence-electron chi connectivity index (χ3n) is 3.03. The van der Waals surface area contributed by atoms with Crippen LogP contribution in [0, 0.1) is 19.8 Å². The van der Waals surface area contributed by atoms with Crippen molar-refractivity contribution in [3.8, 4) is 0 Å². The van der Waals surface area contributed by atoms with Gasteiger partial charge in [-0.3, -0.25) is 4.90 Å². The molecule has 1 aromatic heterocycles. The minimum atomic E-state index is 0.312. The molecule has 0 saturated carbocycles. The number of hydrogen-bond donors (Lipinski definition) is 0. The van der Waals surface area contributed by atoms with Crippen LogP contribution in [0.15, 0.2) is 0 Å². The van der Waals surface area contributed by atoms with E-state index < -0.39 is 0 Å². The van der Waals surface area contributed by atoms with E-state index in [0.717, 1.165) is 19.6 Å². The van der Waals surface area contributed by atoms with E-state index in [4.69, 9.17) is 11.6 Å². The summed E-state index contributed by atoms with van der Waals surface area (Å²) in [4.78, 5) is 8.29. The maximum Gasteiger partial charge on any atom is 0.107 e. The van der Waals surface area contributed by atoms with Gasteiger partial charge in [-0.05, 0) is 19.8 Å². The lowest BCUT2D eigenvalue weighted by molar-refractivity contribution is 0.320. The molecule has 0 amide bonds. The first-order valence-corrected chi connectivity index (χ1v) is 6.61. The third kappa shape index (κ3) is 2.52. The number of hydrogen-bond acceptors (Lipinski definition) is 3. The molecular formula is C11H17ClN2S. The molecule has 0 N–H and O–H groups in total. The van der Waals surface area contributed by atoms with Gasteiger partial charge in [0.1, 0.15) is 5.01 Å². The molecule has 84 valence electrons. The summed E-state index contributed by atoms with van der Waals surface area (Å²) in [5.74, 6) is 0.605. The van der Waals surface area contributed by atoms with Crippen LogP contribution in [-0.4, -0.2) is 28.4 Å². The fourth-order valence-corrected chi connectivity index (χ4v) is 3.20. The molecule has 1 aliphatic heterocycles. The summed E-state index contributed by atoms with van der Waals surface area (Å²) in [6.45, 7) is 9.49. The first kappa shape index (κ1) is 11.4. The smallest absolute Gasteiger partial charge is 0.107 e. The molecule has 2 nitrogen and oxygen atoms in total. The Labute approximate surface area is 100 Å². The summed E-state index contributed by atoms with van der Waals surface area (Å²) >= 11 is 8.01. The van der Waals surface area contributed by atoms with E-state index in [1.54, 1.807) is 0 Å². The van der Waals surface area contributed by atoms with E-state index in [9.17, 15) is 0 Å². The molecule has 0 aliphatic carbocycles. The lowest BCUT2D eigenvalue weighted by Crippen LogP contribution is -2.20. The van der Waals surface area contributed by atoms with Gasteiger partial charge in [-0.25, -0.2) is 4.98 Å². The van der Waals surface area contributed by atoms with Gasteiger partial charge >= 0.3 is 0 Å². The Balaban J connectivity index is 1.98. The number of nitrogens with zero attached hydrogens (tertiary/aromatic N) is 2. The second-order valence-corrected chi connectivity index (χ2v) is 6.28. The third-order valence-corrected chi connectivity index (χ3v) is 4.65. The van der Waals surface area contributed by atoms with Gasteiger partial charge < -0.3 is 0 Å². The summed E-state index contributed by atoms with van der Waals surface area (Å²) in [5.41, 5.74) is 1.17. The zero-order chi connectivity index (χ0) is 11.0. The molecule has 1 saturated heterocycles. The zero-order valence-electron chi connectivity index (χ0n) is 9.46. The number of aryl methyl sites for hydroxylation is 2. The number of likely N-dealkylation sites (tertiary alicyclic amines) is 1. The average molecular weight is 245 g/mol. The highest BCUT2D eigenvalue weighted by molar-refractivity contribution is 7.11. The van der Waals surface area contributed by atoms with Crippen LogP contribution in [0.3, 0.4) is 0 Å². The molecule has 15 heavy (non-hydrogen) atoms. The zero-order valence-corrected chi connectivity index (χ0v) is 11.0. The largest absolute Gasteiger partial charge is 0.295 e. The molecule has 4 heteroatoms. The average Bonchev–Trinajstić information content (AvgIpc) is 2.59. The topological polar surface area (TPSA) is 16.1 Å². The Morgan fingerprint density at radius 3 is 2.67 bits per heavy atom. The van der Waals surface area contributed by atoms with Crippen molar-refractivity contribution < 1.29 is 0 Å². The molecule has 2 unspecified atom stereocenters. The second-order valence-electron chi connectivity index (χ2n) is 4.44. The van der Waals surface area contributed by atoms with Gasteiger partial charge in [0, 0.05) is 18.0 Å². The van der Waals surface area contributed by atoms with Crippen LogP contribution >= 0.6 is 22.9 Å². The van der Waals surface area contributed by atoms with Gasteiger partial charge in [0.25, 0.3) is 0 Å². The summed E-state index contributed by atoms with van der Waals surface area (Å²) in [6.07, 6.45) is 0. The van der Waals surface area contributed by atoms with Crippen molar-refractivity contribution in [3.05, 3.63) is 15.6 Å². The fourth-order valence-electron chi connectivity index (χ4n) is 1.95. The van der Waals surface area contributed by atoms with Crippen LogP contribution < -0.4 is 0 Å². The number of rotatable bonds is 2. The molecule has 0 aromatic carbocycles. The number of thiazole rings is 1. The van der Waals surface area contributed by atoms with Gasteiger partial charge in [-0.1, -0.05) is 6.92 Å². The number of aromatic nitrogens is 1. The molecule has 2 rings (SSSR count). The van der Waals surface area contributed by atoms with Crippen molar-refractivity contribution in [1.29, 1.82) is 0 Å². The lowest BCUT2D eigenvalue weighted by Gasteiger charge is -2.12. The first-order valence-electron chi connectivity index (χ1n) is 5.35. The lowest BCUT2D eigenvalue weighted by atomic mass is 10.2. The minimum absolute atomic E-state index is 0.312. The highest BCUT2D eigenvalue weighted by Gasteiger charge is 2.28. The normalized spacial score (nSPS) is 27.5. The Kier molecular flexibility index (Phi) is 3.33. The van der Waals surface area contributed by atoms with Gasteiger partial charge in [-0.15, -0.1) is 22.9 Å². The van der Waals surface area contributed by atoms with Crippen molar-refractivity contribution >= 4 is 22.9 Å². The van der Waals surface area contributed by atoms with E-state index in [1.807, 2.05) is 11.3 Å². The molecule has 1 aliphatic rings. The van der Waals surface area contributed by atoms with Crippen molar-refractivity contribution in [3.63, 3.8) is 0 Å². The molecule has 2 atom stereocenters. The number of alkyl halides is 1. The maximum absolute atomic E-state index is 6.20. The molecule has 1 aromatic rings. The van der Waals surface area contributed by atoms with Gasteiger partial charge in [0.15, 0.2) is 0 Å². The van der Waals surface area contributed by atoms with Crippen LogP contribution in [0.2, 0.25) is 0 Å². The molecule has 2 heterocycles. The van der Waals surface area contributed by atoms with Crippen molar-refractivity contribution in [2.24, 2.45) is 5.92 Å². The Morgan fingerprint density at radius 2 is 2.20 bits per heavy atom. The Hall–Kier alpha value is -0.120. The maximum atomic E-state index is 6.20. The highest BCUT2D eigenvalue weighted by Crippen LogP contribution is 2.25. The molecule has 0 bridgehead atoms. The van der Waals surface area contributed by atoms with Crippen molar-refractivity contribution in [2.75, 3.05) is 13.1 Å². The standard InChI is InChI=1S/C11H17ClN2S/c1-7-4-14(5-10(7)12)6-11-13-8(2)9(3)15-11/h7,10H,4-6H2,1-3H3. The fraction of sp³-hybridized carbons (Fsp3) is 0.727. The Bertz CT molecular complexity index is 321. The summed E-state index contributed by atoms with van der Waals surface area (Å²) in [5, 5.41) is 1.54. The molecule has 0 radical (unpaired) electrons.